The van der Waals surface area contributed by atoms with Crippen LogP contribution in [0.2, 0.25) is 0 Å². The Morgan fingerprint density at radius 2 is 2.27 bits per heavy atom. The maximum Gasteiger partial charge on any atom is 0.161 e. The molecule has 2 N–H and O–H groups in total. The van der Waals surface area contributed by atoms with E-state index in [2.05, 4.69) is 11.5 Å². The van der Waals surface area contributed by atoms with Crippen molar-refractivity contribution < 1.29 is 14.9 Å². The SMILES string of the molecule is C=CCc1cc(CN2CCCC2CCCO)cc(OC)c1O. The second-order valence-electron chi connectivity index (χ2n) is 5.93. The third-order valence-electron chi connectivity index (χ3n) is 4.38. The van der Waals surface area contributed by atoms with Crippen LogP contribution >= 0.6 is 0 Å². The number of aliphatic hydroxyl groups excluding tert-OH is 1. The molecule has 0 amide bonds. The average Bonchev–Trinajstić information content (AvgIpc) is 2.95. The van der Waals surface area contributed by atoms with Crippen LogP contribution in [0.4, 0.5) is 0 Å². The first-order valence-electron chi connectivity index (χ1n) is 8.04. The highest BCUT2D eigenvalue weighted by Crippen LogP contribution is 2.33. The lowest BCUT2D eigenvalue weighted by atomic mass is 10.0. The molecule has 0 radical (unpaired) electrons. The van der Waals surface area contributed by atoms with Crippen LogP contribution in [-0.2, 0) is 13.0 Å². The van der Waals surface area contributed by atoms with Crippen molar-refractivity contribution in [3.05, 3.63) is 35.9 Å². The first kappa shape index (κ1) is 16.8. The monoisotopic (exact) mass is 305 g/mol. The number of nitrogens with zero attached hydrogens (tertiary/aromatic N) is 1. The summed E-state index contributed by atoms with van der Waals surface area (Å²) in [4.78, 5) is 2.47. The first-order valence-corrected chi connectivity index (χ1v) is 8.04. The number of aliphatic hydroxyl groups is 1. The van der Waals surface area contributed by atoms with Gasteiger partial charge < -0.3 is 14.9 Å². The van der Waals surface area contributed by atoms with Crippen LogP contribution in [-0.4, -0.2) is 41.4 Å². The van der Waals surface area contributed by atoms with Gasteiger partial charge in [0.1, 0.15) is 0 Å². The van der Waals surface area contributed by atoms with Crippen molar-refractivity contribution in [2.24, 2.45) is 0 Å². The van der Waals surface area contributed by atoms with E-state index in [4.69, 9.17) is 9.84 Å². The third-order valence-corrected chi connectivity index (χ3v) is 4.38. The number of hydrogen-bond donors (Lipinski definition) is 2. The zero-order valence-corrected chi connectivity index (χ0v) is 13.4. The van der Waals surface area contributed by atoms with E-state index < -0.39 is 0 Å². The van der Waals surface area contributed by atoms with Crippen LogP contribution in [0, 0.1) is 0 Å². The summed E-state index contributed by atoms with van der Waals surface area (Å²) in [6, 6.07) is 4.51. The number of rotatable bonds is 8. The number of ether oxygens (including phenoxy) is 1. The maximum absolute atomic E-state index is 10.2. The normalized spacial score (nSPS) is 18.5. The van der Waals surface area contributed by atoms with E-state index in [1.165, 1.54) is 12.8 Å². The number of likely N-dealkylation sites (tertiary alicyclic amines) is 1. The highest BCUT2D eigenvalue weighted by Gasteiger charge is 2.24. The molecule has 1 aromatic carbocycles. The van der Waals surface area contributed by atoms with Gasteiger partial charge in [-0.3, -0.25) is 4.90 Å². The average molecular weight is 305 g/mol. The predicted molar refractivity (Wildman–Crippen MR) is 88.3 cm³/mol. The molecule has 2 rings (SSSR count). The Balaban J connectivity index is 2.14. The number of hydrogen-bond acceptors (Lipinski definition) is 4. The Morgan fingerprint density at radius 3 is 2.95 bits per heavy atom. The zero-order chi connectivity index (χ0) is 15.9. The molecule has 1 atom stereocenters. The standard InChI is InChI=1S/C18H27NO3/c1-3-6-15-11-14(12-17(22-2)18(15)21)13-19-9-4-7-16(19)8-5-10-20/h3,11-12,16,20-21H,1,4-10,13H2,2H3. The molecule has 22 heavy (non-hydrogen) atoms. The van der Waals surface area contributed by atoms with Gasteiger partial charge in [0.05, 0.1) is 7.11 Å². The number of methoxy groups -OCH3 is 1. The van der Waals surface area contributed by atoms with Gasteiger partial charge in [0.2, 0.25) is 0 Å². The van der Waals surface area contributed by atoms with Crippen molar-refractivity contribution in [1.82, 2.24) is 4.90 Å². The molecule has 0 aliphatic carbocycles. The van der Waals surface area contributed by atoms with Crippen LogP contribution in [0.5, 0.6) is 11.5 Å². The lowest BCUT2D eigenvalue weighted by Crippen LogP contribution is -2.29. The Kier molecular flexibility index (Phi) is 6.28. The maximum atomic E-state index is 10.2. The number of benzene rings is 1. The molecule has 0 spiro atoms. The van der Waals surface area contributed by atoms with E-state index in [0.717, 1.165) is 37.1 Å². The van der Waals surface area contributed by atoms with Crippen LogP contribution < -0.4 is 4.74 Å². The van der Waals surface area contributed by atoms with E-state index in [9.17, 15) is 5.11 Å². The van der Waals surface area contributed by atoms with Gasteiger partial charge in [-0.2, -0.15) is 0 Å². The summed E-state index contributed by atoms with van der Waals surface area (Å²) in [6.45, 7) is 5.96. The molecule has 0 aromatic heterocycles. The second-order valence-corrected chi connectivity index (χ2v) is 5.93. The molecule has 1 unspecified atom stereocenters. The van der Waals surface area contributed by atoms with E-state index in [0.29, 0.717) is 18.2 Å². The Morgan fingerprint density at radius 1 is 1.45 bits per heavy atom. The van der Waals surface area contributed by atoms with E-state index >= 15 is 0 Å². The van der Waals surface area contributed by atoms with Crippen molar-refractivity contribution in [3.8, 4) is 11.5 Å². The van der Waals surface area contributed by atoms with Gasteiger partial charge in [0.15, 0.2) is 11.5 Å². The molecule has 0 saturated carbocycles. The molecule has 122 valence electrons. The highest BCUT2D eigenvalue weighted by atomic mass is 16.5. The molecule has 1 aromatic rings. The number of phenols is 1. The van der Waals surface area contributed by atoms with Crippen LogP contribution in [0.15, 0.2) is 24.8 Å². The van der Waals surface area contributed by atoms with Crippen molar-refractivity contribution >= 4 is 0 Å². The first-order chi connectivity index (χ1) is 10.7. The van der Waals surface area contributed by atoms with Gasteiger partial charge in [-0.05, 0) is 50.3 Å². The van der Waals surface area contributed by atoms with Crippen LogP contribution in [0.25, 0.3) is 0 Å². The van der Waals surface area contributed by atoms with E-state index in [1.54, 1.807) is 13.2 Å². The molecule has 0 bridgehead atoms. The molecular formula is C18H27NO3. The van der Waals surface area contributed by atoms with Crippen molar-refractivity contribution in [1.29, 1.82) is 0 Å². The molecular weight excluding hydrogens is 278 g/mol. The highest BCUT2D eigenvalue weighted by molar-refractivity contribution is 5.49. The summed E-state index contributed by atoms with van der Waals surface area (Å²) >= 11 is 0. The lowest BCUT2D eigenvalue weighted by Gasteiger charge is -2.25. The Labute approximate surface area is 133 Å². The van der Waals surface area contributed by atoms with Crippen LogP contribution in [0.3, 0.4) is 0 Å². The zero-order valence-electron chi connectivity index (χ0n) is 13.4. The second kappa shape index (κ2) is 8.20. The Bertz CT molecular complexity index is 501. The summed E-state index contributed by atoms with van der Waals surface area (Å²) < 4.78 is 5.29. The minimum Gasteiger partial charge on any atom is -0.504 e. The summed E-state index contributed by atoms with van der Waals surface area (Å²) in [5, 5.41) is 19.2. The van der Waals surface area contributed by atoms with E-state index in [1.807, 2.05) is 12.1 Å². The van der Waals surface area contributed by atoms with Crippen LogP contribution in [0.1, 0.15) is 36.8 Å². The quantitative estimate of drug-likeness (QED) is 0.725. The molecule has 1 saturated heterocycles. The summed E-state index contributed by atoms with van der Waals surface area (Å²) in [6.07, 6.45) is 6.74. The van der Waals surface area contributed by atoms with Crippen molar-refractivity contribution in [2.75, 3.05) is 20.3 Å². The molecule has 1 heterocycles. The molecule has 4 heteroatoms. The molecule has 1 aliphatic heterocycles. The third kappa shape index (κ3) is 4.02. The number of phenolic OH excluding ortho intramolecular Hbond substituents is 1. The lowest BCUT2D eigenvalue weighted by molar-refractivity contribution is 0.210. The van der Waals surface area contributed by atoms with Gasteiger partial charge in [0.25, 0.3) is 0 Å². The largest absolute Gasteiger partial charge is 0.504 e. The fourth-order valence-corrected chi connectivity index (χ4v) is 3.28. The molecule has 1 aliphatic rings. The van der Waals surface area contributed by atoms with Crippen molar-refractivity contribution in [2.45, 2.75) is 44.7 Å². The summed E-state index contributed by atoms with van der Waals surface area (Å²) in [7, 11) is 1.58. The van der Waals surface area contributed by atoms with Crippen molar-refractivity contribution in [3.63, 3.8) is 0 Å². The van der Waals surface area contributed by atoms with E-state index in [-0.39, 0.29) is 12.4 Å². The fraction of sp³-hybridized carbons (Fsp3) is 0.556. The van der Waals surface area contributed by atoms with Gasteiger partial charge in [0, 0.05) is 24.8 Å². The van der Waals surface area contributed by atoms with Gasteiger partial charge in [-0.25, -0.2) is 0 Å². The van der Waals surface area contributed by atoms with Gasteiger partial charge in [-0.1, -0.05) is 12.1 Å². The number of allylic oxidation sites excluding steroid dienone is 1. The smallest absolute Gasteiger partial charge is 0.161 e. The minimum absolute atomic E-state index is 0.212. The topological polar surface area (TPSA) is 52.9 Å². The summed E-state index contributed by atoms with van der Waals surface area (Å²) in [5.74, 6) is 0.741. The van der Waals surface area contributed by atoms with Gasteiger partial charge >= 0.3 is 0 Å². The number of aromatic hydroxyl groups is 1. The fourth-order valence-electron chi connectivity index (χ4n) is 3.28. The predicted octanol–water partition coefficient (Wildman–Crippen LogP) is 2.87. The molecule has 4 nitrogen and oxygen atoms in total. The Hall–Kier alpha value is -1.52. The van der Waals surface area contributed by atoms with Gasteiger partial charge in [-0.15, -0.1) is 6.58 Å². The molecule has 1 fully saturated rings. The minimum atomic E-state index is 0.212. The summed E-state index contributed by atoms with van der Waals surface area (Å²) in [5.41, 5.74) is 2.01.